The number of piperazine rings is 1. The van der Waals surface area contributed by atoms with Gasteiger partial charge in [-0.2, -0.15) is 0 Å². The van der Waals surface area contributed by atoms with E-state index in [1.54, 1.807) is 0 Å². The maximum Gasteiger partial charge on any atom is 0.253 e. The van der Waals surface area contributed by atoms with Crippen LogP contribution in [0.5, 0.6) is 0 Å². The van der Waals surface area contributed by atoms with Gasteiger partial charge in [-0.15, -0.1) is 0 Å². The molecule has 0 spiro atoms. The number of aromatic nitrogens is 1. The second-order valence-corrected chi connectivity index (χ2v) is 6.82. The van der Waals surface area contributed by atoms with E-state index in [-0.39, 0.29) is 11.8 Å². The van der Waals surface area contributed by atoms with Gasteiger partial charge in [-0.3, -0.25) is 9.59 Å². The summed E-state index contributed by atoms with van der Waals surface area (Å²) in [5.74, 6) is 0.612. The summed E-state index contributed by atoms with van der Waals surface area (Å²) in [4.78, 5) is 31.7. The third-order valence-electron chi connectivity index (χ3n) is 4.75. The van der Waals surface area contributed by atoms with Gasteiger partial charge in [-0.1, -0.05) is 26.0 Å². The molecule has 1 aliphatic heterocycles. The number of carbonyl (C=O) groups excluding carboxylic acids is 2. The Bertz CT molecular complexity index is 712. The normalized spacial score (nSPS) is 14.8. The number of carbonyl (C=O) groups is 2. The topological polar surface area (TPSA) is 56.4 Å². The molecule has 0 atom stereocenters. The monoisotopic (exact) mass is 339 g/mol. The van der Waals surface area contributed by atoms with E-state index in [9.17, 15) is 9.59 Å². The van der Waals surface area contributed by atoms with Crippen LogP contribution in [0.3, 0.4) is 0 Å². The Hall–Kier alpha value is -2.56. The number of rotatable bonds is 4. The first kappa shape index (κ1) is 17.3. The van der Waals surface area contributed by atoms with Gasteiger partial charge in [0.25, 0.3) is 5.91 Å². The molecule has 132 valence electrons. The maximum absolute atomic E-state index is 12.6. The van der Waals surface area contributed by atoms with Crippen LogP contribution in [0, 0.1) is 0 Å². The summed E-state index contributed by atoms with van der Waals surface area (Å²) in [6.07, 6.45) is 2.21. The molecule has 2 amide bonds. The molecule has 1 aromatic carbocycles. The number of hydrogen-bond acceptors (Lipinski definition) is 2. The number of nitrogens with zero attached hydrogens (tertiary/aromatic N) is 2. The lowest BCUT2D eigenvalue weighted by Gasteiger charge is -2.35. The minimum Gasteiger partial charge on any atom is -0.365 e. The fourth-order valence-corrected chi connectivity index (χ4v) is 3.10. The molecule has 1 fully saturated rings. The number of benzene rings is 1. The minimum absolute atomic E-state index is 0.0479. The number of H-pyrrole nitrogens is 1. The molecule has 1 aromatic heterocycles. The van der Waals surface area contributed by atoms with Crippen molar-refractivity contribution in [2.24, 2.45) is 0 Å². The van der Waals surface area contributed by atoms with Gasteiger partial charge in [0.15, 0.2) is 0 Å². The molecule has 5 nitrogen and oxygen atoms in total. The van der Waals surface area contributed by atoms with Crippen molar-refractivity contribution in [2.45, 2.75) is 26.2 Å². The van der Waals surface area contributed by atoms with E-state index < -0.39 is 0 Å². The second-order valence-electron chi connectivity index (χ2n) is 6.82. The van der Waals surface area contributed by atoms with Crippen molar-refractivity contribution in [1.82, 2.24) is 14.8 Å². The quantitative estimate of drug-likeness (QED) is 0.931. The number of amides is 2. The van der Waals surface area contributed by atoms with Crippen molar-refractivity contribution in [3.63, 3.8) is 0 Å². The van der Waals surface area contributed by atoms with Crippen LogP contribution in [0.15, 0.2) is 42.6 Å². The van der Waals surface area contributed by atoms with Gasteiger partial charge in [0, 0.05) is 43.6 Å². The molecule has 1 N–H and O–H groups in total. The van der Waals surface area contributed by atoms with Gasteiger partial charge in [0.2, 0.25) is 5.91 Å². The predicted molar refractivity (Wildman–Crippen MR) is 97.5 cm³/mol. The fraction of sp³-hybridized carbons (Fsp3) is 0.400. The van der Waals surface area contributed by atoms with Crippen molar-refractivity contribution < 1.29 is 9.59 Å². The third-order valence-corrected chi connectivity index (χ3v) is 4.75. The average Bonchev–Trinajstić information content (AvgIpc) is 3.14. The molecule has 0 aliphatic carbocycles. The van der Waals surface area contributed by atoms with Crippen LogP contribution >= 0.6 is 0 Å². The molecule has 5 heteroatoms. The summed E-state index contributed by atoms with van der Waals surface area (Å²) in [5.41, 5.74) is 2.88. The summed E-state index contributed by atoms with van der Waals surface area (Å²) in [6, 6.07) is 11.7. The Morgan fingerprint density at radius 1 is 1.00 bits per heavy atom. The molecule has 3 rings (SSSR count). The molecule has 1 saturated heterocycles. The number of hydrogen-bond donors (Lipinski definition) is 1. The van der Waals surface area contributed by atoms with E-state index in [4.69, 9.17) is 0 Å². The van der Waals surface area contributed by atoms with Gasteiger partial charge in [0.05, 0.1) is 6.42 Å². The van der Waals surface area contributed by atoms with Crippen LogP contribution in [-0.4, -0.2) is 52.8 Å². The molecule has 0 radical (unpaired) electrons. The van der Waals surface area contributed by atoms with Crippen LogP contribution in [0.1, 0.15) is 41.4 Å². The highest BCUT2D eigenvalue weighted by Crippen LogP contribution is 2.16. The van der Waals surface area contributed by atoms with Gasteiger partial charge in [-0.05, 0) is 35.7 Å². The van der Waals surface area contributed by atoms with Crippen LogP contribution in [0.2, 0.25) is 0 Å². The molecule has 0 saturated carbocycles. The summed E-state index contributed by atoms with van der Waals surface area (Å²) in [6.45, 7) is 6.63. The lowest BCUT2D eigenvalue weighted by atomic mass is 10.0. The third kappa shape index (κ3) is 4.10. The van der Waals surface area contributed by atoms with Crippen LogP contribution in [0.25, 0.3) is 0 Å². The summed E-state index contributed by atoms with van der Waals surface area (Å²) < 4.78 is 0. The zero-order valence-corrected chi connectivity index (χ0v) is 14.9. The molecule has 2 aromatic rings. The Balaban J connectivity index is 1.54. The average molecular weight is 339 g/mol. The fourth-order valence-electron chi connectivity index (χ4n) is 3.10. The zero-order chi connectivity index (χ0) is 17.8. The minimum atomic E-state index is 0.0479. The van der Waals surface area contributed by atoms with Crippen molar-refractivity contribution in [2.75, 3.05) is 26.2 Å². The molecular formula is C20H25N3O2. The molecule has 25 heavy (non-hydrogen) atoms. The molecule has 0 unspecified atom stereocenters. The number of nitrogens with one attached hydrogen (secondary N) is 1. The standard InChI is InChI=1S/C20H25N3O2/c1-15(2)16-5-7-17(8-6-16)20(25)23-12-10-22(11-13-23)19(24)14-18-4-3-9-21-18/h3-9,15,21H,10-14H2,1-2H3. The first-order valence-electron chi connectivity index (χ1n) is 8.84. The van der Waals surface area contributed by atoms with Gasteiger partial charge < -0.3 is 14.8 Å². The van der Waals surface area contributed by atoms with Gasteiger partial charge in [-0.25, -0.2) is 0 Å². The first-order valence-corrected chi connectivity index (χ1v) is 8.84. The predicted octanol–water partition coefficient (Wildman–Crippen LogP) is 2.67. The molecule has 2 heterocycles. The summed E-state index contributed by atoms with van der Waals surface area (Å²) in [5, 5.41) is 0. The highest BCUT2D eigenvalue weighted by Gasteiger charge is 2.25. The lowest BCUT2D eigenvalue weighted by molar-refractivity contribution is -0.132. The van der Waals surface area contributed by atoms with E-state index >= 15 is 0 Å². The largest absolute Gasteiger partial charge is 0.365 e. The highest BCUT2D eigenvalue weighted by atomic mass is 16.2. The van der Waals surface area contributed by atoms with E-state index in [2.05, 4.69) is 18.8 Å². The zero-order valence-electron chi connectivity index (χ0n) is 14.9. The van der Waals surface area contributed by atoms with Crippen LogP contribution in [0.4, 0.5) is 0 Å². The number of aromatic amines is 1. The molecular weight excluding hydrogens is 314 g/mol. The summed E-state index contributed by atoms with van der Waals surface area (Å²) in [7, 11) is 0. The van der Waals surface area contributed by atoms with Gasteiger partial charge in [0.1, 0.15) is 0 Å². The van der Waals surface area contributed by atoms with Crippen LogP contribution < -0.4 is 0 Å². The maximum atomic E-state index is 12.6. The van der Waals surface area contributed by atoms with E-state index in [1.807, 2.05) is 52.4 Å². The van der Waals surface area contributed by atoms with Gasteiger partial charge >= 0.3 is 0 Å². The molecule has 0 bridgehead atoms. The Labute approximate surface area is 148 Å². The van der Waals surface area contributed by atoms with E-state index in [0.29, 0.717) is 38.5 Å². The van der Waals surface area contributed by atoms with Crippen molar-refractivity contribution >= 4 is 11.8 Å². The lowest BCUT2D eigenvalue weighted by Crippen LogP contribution is -2.51. The Kier molecular flexibility index (Phi) is 5.22. The van der Waals surface area contributed by atoms with Crippen LogP contribution in [-0.2, 0) is 11.2 Å². The van der Waals surface area contributed by atoms with E-state index in [0.717, 1.165) is 11.3 Å². The molecule has 1 aliphatic rings. The summed E-state index contributed by atoms with van der Waals surface area (Å²) >= 11 is 0. The van der Waals surface area contributed by atoms with Crippen molar-refractivity contribution in [3.05, 3.63) is 59.4 Å². The SMILES string of the molecule is CC(C)c1ccc(C(=O)N2CCN(C(=O)Cc3ccc[nH]3)CC2)cc1. The highest BCUT2D eigenvalue weighted by molar-refractivity contribution is 5.94. The van der Waals surface area contributed by atoms with E-state index in [1.165, 1.54) is 5.56 Å². The smallest absolute Gasteiger partial charge is 0.253 e. The first-order chi connectivity index (χ1) is 12.0. The Morgan fingerprint density at radius 3 is 2.20 bits per heavy atom. The van der Waals surface area contributed by atoms with Crippen molar-refractivity contribution in [3.8, 4) is 0 Å². The Morgan fingerprint density at radius 2 is 1.64 bits per heavy atom. The van der Waals surface area contributed by atoms with Crippen molar-refractivity contribution in [1.29, 1.82) is 0 Å². The second kappa shape index (κ2) is 7.55.